The molecule has 1 rings (SSSR count). The average Bonchev–Trinajstić information content (AvgIpc) is 2.35. The number of anilines is 1. The van der Waals surface area contributed by atoms with Crippen molar-refractivity contribution in [3.8, 4) is 5.75 Å². The molecule has 0 fully saturated rings. The first kappa shape index (κ1) is 14.2. The monoisotopic (exact) mass is 305 g/mol. The standard InChI is InChI=1S/C11H16BrNO4/c1-17-10-3-8(12)2-7(5-14)11(10)13-4-9(16)6-15/h2-3,9,13-16H,4-6H2,1H3. The summed E-state index contributed by atoms with van der Waals surface area (Å²) in [4.78, 5) is 0. The summed E-state index contributed by atoms with van der Waals surface area (Å²) in [7, 11) is 1.52. The fourth-order valence-corrected chi connectivity index (χ4v) is 1.89. The smallest absolute Gasteiger partial charge is 0.143 e. The molecule has 6 heteroatoms. The van der Waals surface area contributed by atoms with Crippen LogP contribution in [0, 0.1) is 0 Å². The van der Waals surface area contributed by atoms with Crippen molar-refractivity contribution in [1.29, 1.82) is 0 Å². The molecule has 0 spiro atoms. The molecule has 0 radical (unpaired) electrons. The molecular weight excluding hydrogens is 290 g/mol. The number of ether oxygens (including phenoxy) is 1. The molecule has 0 saturated heterocycles. The Morgan fingerprint density at radius 1 is 1.41 bits per heavy atom. The van der Waals surface area contributed by atoms with E-state index in [-0.39, 0.29) is 19.8 Å². The molecule has 96 valence electrons. The van der Waals surface area contributed by atoms with E-state index >= 15 is 0 Å². The molecule has 0 bridgehead atoms. The van der Waals surface area contributed by atoms with E-state index in [9.17, 15) is 10.2 Å². The largest absolute Gasteiger partial charge is 0.495 e. The second kappa shape index (κ2) is 6.80. The maximum Gasteiger partial charge on any atom is 0.143 e. The molecular formula is C11H16BrNO4. The Kier molecular flexibility index (Phi) is 5.70. The normalized spacial score (nSPS) is 12.3. The van der Waals surface area contributed by atoms with Crippen LogP contribution < -0.4 is 10.1 Å². The summed E-state index contributed by atoms with van der Waals surface area (Å²) in [5.74, 6) is 0.563. The van der Waals surface area contributed by atoms with Crippen LogP contribution in [0.1, 0.15) is 5.56 Å². The minimum atomic E-state index is -0.852. The zero-order valence-corrected chi connectivity index (χ0v) is 11.1. The van der Waals surface area contributed by atoms with Gasteiger partial charge >= 0.3 is 0 Å². The van der Waals surface area contributed by atoms with Crippen LogP contribution in [0.2, 0.25) is 0 Å². The number of aliphatic hydroxyl groups is 3. The van der Waals surface area contributed by atoms with Gasteiger partial charge in [0.05, 0.1) is 32.1 Å². The number of hydrogen-bond donors (Lipinski definition) is 4. The van der Waals surface area contributed by atoms with Crippen LogP contribution in [0.25, 0.3) is 0 Å². The fourth-order valence-electron chi connectivity index (χ4n) is 1.41. The van der Waals surface area contributed by atoms with Gasteiger partial charge < -0.3 is 25.4 Å². The van der Waals surface area contributed by atoms with Crippen molar-refractivity contribution in [1.82, 2.24) is 0 Å². The average molecular weight is 306 g/mol. The number of methoxy groups -OCH3 is 1. The lowest BCUT2D eigenvalue weighted by molar-refractivity contribution is 0.105. The van der Waals surface area contributed by atoms with Crippen LogP contribution in [-0.2, 0) is 6.61 Å². The van der Waals surface area contributed by atoms with Crippen LogP contribution >= 0.6 is 15.9 Å². The van der Waals surface area contributed by atoms with Gasteiger partial charge in [-0.25, -0.2) is 0 Å². The van der Waals surface area contributed by atoms with Gasteiger partial charge in [0.25, 0.3) is 0 Å². The SMILES string of the molecule is COc1cc(Br)cc(CO)c1NCC(O)CO. The Hall–Kier alpha value is -0.820. The summed E-state index contributed by atoms with van der Waals surface area (Å²) in [5.41, 5.74) is 1.27. The second-order valence-corrected chi connectivity index (χ2v) is 4.43. The fraction of sp³-hybridized carbons (Fsp3) is 0.455. The second-order valence-electron chi connectivity index (χ2n) is 3.52. The summed E-state index contributed by atoms with van der Waals surface area (Å²) in [6, 6.07) is 3.52. The maximum absolute atomic E-state index is 9.28. The van der Waals surface area contributed by atoms with Crippen molar-refractivity contribution in [3.63, 3.8) is 0 Å². The first-order valence-corrected chi connectivity index (χ1v) is 5.91. The highest BCUT2D eigenvalue weighted by molar-refractivity contribution is 9.10. The number of rotatable bonds is 6. The van der Waals surface area contributed by atoms with Crippen LogP contribution in [0.4, 0.5) is 5.69 Å². The molecule has 0 heterocycles. The molecule has 0 aromatic heterocycles. The molecule has 0 amide bonds. The van der Waals surface area contributed by atoms with E-state index in [2.05, 4.69) is 21.2 Å². The van der Waals surface area contributed by atoms with Gasteiger partial charge in [-0.1, -0.05) is 15.9 Å². The van der Waals surface area contributed by atoms with Crippen molar-refractivity contribution < 1.29 is 20.1 Å². The highest BCUT2D eigenvalue weighted by Crippen LogP contribution is 2.32. The summed E-state index contributed by atoms with van der Waals surface area (Å²) in [6.45, 7) is -0.283. The molecule has 4 N–H and O–H groups in total. The molecule has 1 atom stereocenters. The third-order valence-electron chi connectivity index (χ3n) is 2.26. The van der Waals surface area contributed by atoms with E-state index in [4.69, 9.17) is 9.84 Å². The van der Waals surface area contributed by atoms with Crippen molar-refractivity contribution in [3.05, 3.63) is 22.2 Å². The van der Waals surface area contributed by atoms with E-state index in [1.807, 2.05) is 0 Å². The third kappa shape index (κ3) is 3.85. The lowest BCUT2D eigenvalue weighted by Gasteiger charge is -2.17. The Labute approximate surface area is 108 Å². The molecule has 0 aliphatic carbocycles. The number of nitrogens with one attached hydrogen (secondary N) is 1. The zero-order valence-electron chi connectivity index (χ0n) is 9.48. The van der Waals surface area contributed by atoms with Gasteiger partial charge in [-0.3, -0.25) is 0 Å². The Bertz CT molecular complexity index is 347. The van der Waals surface area contributed by atoms with Gasteiger partial charge in [0.15, 0.2) is 0 Å². The van der Waals surface area contributed by atoms with Crippen molar-refractivity contribution >= 4 is 21.6 Å². The molecule has 0 saturated carbocycles. The van der Waals surface area contributed by atoms with Crippen molar-refractivity contribution in [2.45, 2.75) is 12.7 Å². The van der Waals surface area contributed by atoms with E-state index in [0.717, 1.165) is 4.47 Å². The lowest BCUT2D eigenvalue weighted by Crippen LogP contribution is -2.23. The van der Waals surface area contributed by atoms with Crippen molar-refractivity contribution in [2.24, 2.45) is 0 Å². The number of hydrogen-bond acceptors (Lipinski definition) is 5. The molecule has 0 aliphatic rings. The zero-order chi connectivity index (χ0) is 12.8. The minimum absolute atomic E-state index is 0.145. The first-order valence-electron chi connectivity index (χ1n) is 5.12. The summed E-state index contributed by atoms with van der Waals surface area (Å²) in [6.07, 6.45) is -0.852. The predicted octanol–water partition coefficient (Wildman–Crippen LogP) is 0.715. The predicted molar refractivity (Wildman–Crippen MR) is 68.2 cm³/mol. The molecule has 5 nitrogen and oxygen atoms in total. The van der Waals surface area contributed by atoms with Gasteiger partial charge in [-0.15, -0.1) is 0 Å². The van der Waals surface area contributed by atoms with E-state index in [0.29, 0.717) is 17.0 Å². The van der Waals surface area contributed by atoms with Crippen LogP contribution in [0.15, 0.2) is 16.6 Å². The minimum Gasteiger partial charge on any atom is -0.495 e. The number of aliphatic hydroxyl groups excluding tert-OH is 3. The number of benzene rings is 1. The maximum atomic E-state index is 9.28. The quantitative estimate of drug-likeness (QED) is 0.622. The Morgan fingerprint density at radius 3 is 2.65 bits per heavy atom. The Balaban J connectivity index is 2.94. The highest BCUT2D eigenvalue weighted by atomic mass is 79.9. The number of halogens is 1. The summed E-state index contributed by atoms with van der Waals surface area (Å²) < 4.78 is 5.98. The Morgan fingerprint density at radius 2 is 2.12 bits per heavy atom. The van der Waals surface area contributed by atoms with Gasteiger partial charge in [-0.05, 0) is 12.1 Å². The van der Waals surface area contributed by atoms with E-state index in [1.165, 1.54) is 7.11 Å². The van der Waals surface area contributed by atoms with Gasteiger partial charge in [0.2, 0.25) is 0 Å². The summed E-state index contributed by atoms with van der Waals surface area (Å²) in [5, 5.41) is 30.2. The molecule has 1 aromatic rings. The molecule has 1 unspecified atom stereocenters. The summed E-state index contributed by atoms with van der Waals surface area (Å²) >= 11 is 3.31. The highest BCUT2D eigenvalue weighted by Gasteiger charge is 2.11. The molecule has 17 heavy (non-hydrogen) atoms. The molecule has 0 aliphatic heterocycles. The van der Waals surface area contributed by atoms with Crippen LogP contribution in [0.3, 0.4) is 0 Å². The first-order chi connectivity index (χ1) is 8.12. The van der Waals surface area contributed by atoms with Gasteiger partial charge in [0.1, 0.15) is 5.75 Å². The van der Waals surface area contributed by atoms with E-state index < -0.39 is 6.10 Å². The van der Waals surface area contributed by atoms with Crippen molar-refractivity contribution in [2.75, 3.05) is 25.6 Å². The van der Waals surface area contributed by atoms with Gasteiger partial charge in [-0.2, -0.15) is 0 Å². The topological polar surface area (TPSA) is 82.0 Å². The van der Waals surface area contributed by atoms with Gasteiger partial charge in [0, 0.05) is 16.6 Å². The van der Waals surface area contributed by atoms with Crippen LogP contribution in [-0.4, -0.2) is 41.7 Å². The molecule has 1 aromatic carbocycles. The van der Waals surface area contributed by atoms with E-state index in [1.54, 1.807) is 12.1 Å². The lowest BCUT2D eigenvalue weighted by atomic mass is 10.1. The third-order valence-corrected chi connectivity index (χ3v) is 2.72. The van der Waals surface area contributed by atoms with Crippen LogP contribution in [0.5, 0.6) is 5.75 Å².